The lowest BCUT2D eigenvalue weighted by molar-refractivity contribution is 0.305. The first-order valence-corrected chi connectivity index (χ1v) is 7.37. The molecule has 0 saturated carbocycles. The van der Waals surface area contributed by atoms with E-state index in [2.05, 4.69) is 12.2 Å². The molecule has 108 valence electrons. The van der Waals surface area contributed by atoms with E-state index in [1.807, 2.05) is 36.4 Å². The summed E-state index contributed by atoms with van der Waals surface area (Å²) in [5, 5.41) is 3.32. The van der Waals surface area contributed by atoms with Crippen molar-refractivity contribution in [3.8, 4) is 5.75 Å². The Hall–Kier alpha value is -1.90. The highest BCUT2D eigenvalue weighted by Crippen LogP contribution is 2.18. The zero-order valence-electron chi connectivity index (χ0n) is 12.1. The molecule has 0 bridgehead atoms. The first kappa shape index (κ1) is 14.5. The molecule has 0 fully saturated rings. The van der Waals surface area contributed by atoms with Gasteiger partial charge < -0.3 is 14.5 Å². The van der Waals surface area contributed by atoms with Gasteiger partial charge in [-0.15, -0.1) is 0 Å². The van der Waals surface area contributed by atoms with E-state index in [0.29, 0.717) is 6.54 Å². The van der Waals surface area contributed by atoms with Gasteiger partial charge in [-0.05, 0) is 30.7 Å². The van der Waals surface area contributed by atoms with E-state index in [1.165, 1.54) is 19.3 Å². The summed E-state index contributed by atoms with van der Waals surface area (Å²) in [6.45, 7) is 3.70. The molecule has 0 unspecified atom stereocenters. The summed E-state index contributed by atoms with van der Waals surface area (Å²) in [6, 6.07) is 11.9. The average molecular weight is 273 g/mol. The van der Waals surface area contributed by atoms with Gasteiger partial charge in [-0.3, -0.25) is 0 Å². The number of anilines is 1. The monoisotopic (exact) mass is 273 g/mol. The Morgan fingerprint density at radius 3 is 2.85 bits per heavy atom. The van der Waals surface area contributed by atoms with E-state index in [1.54, 1.807) is 6.26 Å². The standard InChI is InChI=1S/C17H23NO2/c1-2-3-4-5-11-19-16-9-6-8-15(13-16)18-14-17-10-7-12-20-17/h6-10,12-13,18H,2-5,11,14H2,1H3. The highest BCUT2D eigenvalue weighted by Gasteiger charge is 1.99. The fourth-order valence-corrected chi connectivity index (χ4v) is 2.02. The molecule has 2 aromatic rings. The predicted octanol–water partition coefficient (Wildman–Crippen LogP) is 4.85. The maximum absolute atomic E-state index is 5.77. The van der Waals surface area contributed by atoms with Gasteiger partial charge >= 0.3 is 0 Å². The number of nitrogens with one attached hydrogen (secondary N) is 1. The minimum absolute atomic E-state index is 0.687. The molecule has 0 aliphatic heterocycles. The molecular formula is C17H23NO2. The summed E-state index contributed by atoms with van der Waals surface area (Å²) in [5.41, 5.74) is 1.05. The second-order valence-electron chi connectivity index (χ2n) is 4.87. The van der Waals surface area contributed by atoms with Gasteiger partial charge in [0.1, 0.15) is 11.5 Å². The molecule has 3 heteroatoms. The van der Waals surface area contributed by atoms with E-state index in [9.17, 15) is 0 Å². The predicted molar refractivity (Wildman–Crippen MR) is 82.1 cm³/mol. The van der Waals surface area contributed by atoms with Gasteiger partial charge in [0.25, 0.3) is 0 Å². The average Bonchev–Trinajstić information content (AvgIpc) is 2.99. The normalized spacial score (nSPS) is 10.4. The zero-order chi connectivity index (χ0) is 14.0. The Morgan fingerprint density at radius 2 is 2.05 bits per heavy atom. The van der Waals surface area contributed by atoms with Gasteiger partial charge in [0.05, 0.1) is 19.4 Å². The molecule has 0 aliphatic rings. The minimum atomic E-state index is 0.687. The summed E-state index contributed by atoms with van der Waals surface area (Å²) in [7, 11) is 0. The van der Waals surface area contributed by atoms with Crippen molar-refractivity contribution < 1.29 is 9.15 Å². The van der Waals surface area contributed by atoms with Gasteiger partial charge in [-0.2, -0.15) is 0 Å². The number of ether oxygens (including phenoxy) is 1. The number of benzene rings is 1. The molecule has 0 saturated heterocycles. The third kappa shape index (κ3) is 5.00. The molecule has 1 aromatic heterocycles. The topological polar surface area (TPSA) is 34.4 Å². The van der Waals surface area contributed by atoms with Crippen LogP contribution < -0.4 is 10.1 Å². The van der Waals surface area contributed by atoms with E-state index >= 15 is 0 Å². The first-order chi connectivity index (χ1) is 9.88. The number of hydrogen-bond acceptors (Lipinski definition) is 3. The molecule has 2 rings (SSSR count). The van der Waals surface area contributed by atoms with Crippen LogP contribution in [0.5, 0.6) is 5.75 Å². The van der Waals surface area contributed by atoms with E-state index < -0.39 is 0 Å². The smallest absolute Gasteiger partial charge is 0.122 e. The Morgan fingerprint density at radius 1 is 1.10 bits per heavy atom. The fourth-order valence-electron chi connectivity index (χ4n) is 2.02. The molecule has 0 spiro atoms. The van der Waals surface area contributed by atoms with Crippen LogP contribution in [-0.2, 0) is 6.54 Å². The van der Waals surface area contributed by atoms with Crippen LogP contribution in [-0.4, -0.2) is 6.61 Å². The Bertz CT molecular complexity index is 479. The van der Waals surface area contributed by atoms with Crippen LogP contribution in [0.1, 0.15) is 38.4 Å². The lowest BCUT2D eigenvalue weighted by Crippen LogP contribution is -2.00. The van der Waals surface area contributed by atoms with Crippen LogP contribution >= 0.6 is 0 Å². The van der Waals surface area contributed by atoms with Crippen LogP contribution in [0.15, 0.2) is 47.1 Å². The fraction of sp³-hybridized carbons (Fsp3) is 0.412. The summed E-state index contributed by atoms with van der Waals surface area (Å²) in [4.78, 5) is 0. The molecule has 0 atom stereocenters. The summed E-state index contributed by atoms with van der Waals surface area (Å²) >= 11 is 0. The van der Waals surface area contributed by atoms with Crippen molar-refractivity contribution in [3.63, 3.8) is 0 Å². The van der Waals surface area contributed by atoms with Crippen LogP contribution in [0.3, 0.4) is 0 Å². The van der Waals surface area contributed by atoms with Gasteiger partial charge in [-0.1, -0.05) is 32.3 Å². The Balaban J connectivity index is 1.75. The van der Waals surface area contributed by atoms with E-state index in [4.69, 9.17) is 9.15 Å². The van der Waals surface area contributed by atoms with Crippen molar-refractivity contribution in [3.05, 3.63) is 48.4 Å². The molecule has 1 N–H and O–H groups in total. The van der Waals surface area contributed by atoms with E-state index in [0.717, 1.165) is 30.2 Å². The highest BCUT2D eigenvalue weighted by atomic mass is 16.5. The van der Waals surface area contributed by atoms with Crippen molar-refractivity contribution in [2.45, 2.75) is 39.2 Å². The maximum Gasteiger partial charge on any atom is 0.122 e. The first-order valence-electron chi connectivity index (χ1n) is 7.37. The van der Waals surface area contributed by atoms with Crippen molar-refractivity contribution >= 4 is 5.69 Å². The lowest BCUT2D eigenvalue weighted by atomic mass is 10.2. The Kier molecular flexibility index (Phi) is 6.03. The maximum atomic E-state index is 5.77. The quantitative estimate of drug-likeness (QED) is 0.663. The second-order valence-corrected chi connectivity index (χ2v) is 4.87. The minimum Gasteiger partial charge on any atom is -0.494 e. The van der Waals surface area contributed by atoms with Crippen molar-refractivity contribution in [1.82, 2.24) is 0 Å². The van der Waals surface area contributed by atoms with Gasteiger partial charge in [0, 0.05) is 11.8 Å². The Labute approximate surface area is 121 Å². The molecular weight excluding hydrogens is 250 g/mol. The molecule has 1 heterocycles. The van der Waals surface area contributed by atoms with Crippen molar-refractivity contribution in [2.75, 3.05) is 11.9 Å². The third-order valence-corrected chi connectivity index (χ3v) is 3.15. The summed E-state index contributed by atoms with van der Waals surface area (Å²) in [5.74, 6) is 1.85. The molecule has 0 amide bonds. The van der Waals surface area contributed by atoms with Crippen molar-refractivity contribution in [1.29, 1.82) is 0 Å². The van der Waals surface area contributed by atoms with Crippen LogP contribution in [0.25, 0.3) is 0 Å². The van der Waals surface area contributed by atoms with Crippen LogP contribution in [0.4, 0.5) is 5.69 Å². The second kappa shape index (κ2) is 8.31. The highest BCUT2D eigenvalue weighted by molar-refractivity contribution is 5.48. The zero-order valence-corrected chi connectivity index (χ0v) is 12.1. The molecule has 20 heavy (non-hydrogen) atoms. The number of unbranched alkanes of at least 4 members (excludes halogenated alkanes) is 3. The molecule has 0 radical (unpaired) electrons. The molecule has 3 nitrogen and oxygen atoms in total. The number of hydrogen-bond donors (Lipinski definition) is 1. The van der Waals surface area contributed by atoms with Gasteiger partial charge in [-0.25, -0.2) is 0 Å². The van der Waals surface area contributed by atoms with Crippen LogP contribution in [0, 0.1) is 0 Å². The van der Waals surface area contributed by atoms with Gasteiger partial charge in [0.15, 0.2) is 0 Å². The number of furan rings is 1. The van der Waals surface area contributed by atoms with Crippen molar-refractivity contribution in [2.24, 2.45) is 0 Å². The van der Waals surface area contributed by atoms with Gasteiger partial charge in [0.2, 0.25) is 0 Å². The largest absolute Gasteiger partial charge is 0.494 e. The molecule has 1 aromatic carbocycles. The third-order valence-electron chi connectivity index (χ3n) is 3.15. The SMILES string of the molecule is CCCCCCOc1cccc(NCc2ccco2)c1. The van der Waals surface area contributed by atoms with E-state index in [-0.39, 0.29) is 0 Å². The van der Waals surface area contributed by atoms with Crippen LogP contribution in [0.2, 0.25) is 0 Å². The lowest BCUT2D eigenvalue weighted by Gasteiger charge is -2.09. The summed E-state index contributed by atoms with van der Waals surface area (Å²) < 4.78 is 11.1. The summed E-state index contributed by atoms with van der Waals surface area (Å²) in [6.07, 6.45) is 6.60. The molecule has 0 aliphatic carbocycles. The number of rotatable bonds is 9.